The molecule has 5 heterocycles. The highest BCUT2D eigenvalue weighted by Gasteiger charge is 2.22. The van der Waals surface area contributed by atoms with Crippen LogP contribution < -0.4 is 4.74 Å². The number of para-hydroxylation sites is 4. The fraction of sp³-hybridized carbons (Fsp3) is 0.0741. The van der Waals surface area contributed by atoms with Gasteiger partial charge in [-0.05, 0) is 82.4 Å². The number of fused-ring (bicyclic) bond motifs is 13. The normalized spacial score (nSPS) is 12.2. The van der Waals surface area contributed by atoms with E-state index in [1.807, 2.05) is 12.3 Å². The van der Waals surface area contributed by atoms with E-state index >= 15 is 0 Å². The van der Waals surface area contributed by atoms with Gasteiger partial charge in [0, 0.05) is 44.8 Å². The second kappa shape index (κ2) is 12.9. The van der Waals surface area contributed by atoms with Crippen molar-refractivity contribution in [1.82, 2.24) is 23.3 Å². The first-order chi connectivity index (χ1) is 29.4. The Kier molecular flexibility index (Phi) is 7.39. The van der Waals surface area contributed by atoms with E-state index in [2.05, 4.69) is 204 Å². The number of imidazole rings is 1. The zero-order valence-corrected chi connectivity index (χ0v) is 33.5. The zero-order chi connectivity index (χ0) is 40.1. The Morgan fingerprint density at radius 1 is 0.450 bits per heavy atom. The predicted octanol–water partition coefficient (Wildman–Crippen LogP) is 14.0. The van der Waals surface area contributed by atoms with Gasteiger partial charge in [0.05, 0.1) is 27.6 Å². The molecule has 0 aliphatic heterocycles. The molecule has 0 unspecified atom stereocenters. The van der Waals surface area contributed by atoms with Crippen molar-refractivity contribution in [1.29, 1.82) is 0 Å². The third-order valence-electron chi connectivity index (χ3n) is 12.1. The average Bonchev–Trinajstić information content (AvgIpc) is 3.94. The molecule has 7 aromatic carbocycles. The fourth-order valence-corrected chi connectivity index (χ4v) is 9.30. The number of rotatable bonds is 4. The number of benzene rings is 7. The van der Waals surface area contributed by atoms with Crippen molar-refractivity contribution in [2.75, 3.05) is 0 Å². The van der Waals surface area contributed by atoms with Crippen molar-refractivity contribution >= 4 is 76.5 Å². The van der Waals surface area contributed by atoms with E-state index in [9.17, 15) is 0 Å². The highest BCUT2D eigenvalue weighted by Crippen LogP contribution is 2.40. The van der Waals surface area contributed by atoms with Gasteiger partial charge in [-0.3, -0.25) is 13.4 Å². The van der Waals surface area contributed by atoms with Crippen LogP contribution in [0.1, 0.15) is 26.3 Å². The molecule has 0 fully saturated rings. The smallest absolute Gasteiger partial charge is 0.151 e. The SMILES string of the molecule is CC(C)(C)c1ccnc(-n2c3ccccc3c3ccc(Oc4cccc(-c5nc6c7ccccc7n7c8ccccc8c8ccccc8c8ccccc8n5c67)c4)cc32)c1. The number of ether oxygens (including phenoxy) is 1. The maximum atomic E-state index is 6.80. The molecular formula is C54H39N5O. The first kappa shape index (κ1) is 34.4. The quantitative estimate of drug-likeness (QED) is 0.179. The average molecular weight is 774 g/mol. The van der Waals surface area contributed by atoms with E-state index in [0.29, 0.717) is 0 Å². The molecule has 6 nitrogen and oxygen atoms in total. The Morgan fingerprint density at radius 3 is 1.68 bits per heavy atom. The Morgan fingerprint density at radius 2 is 1.00 bits per heavy atom. The van der Waals surface area contributed by atoms with E-state index in [1.54, 1.807) is 0 Å². The summed E-state index contributed by atoms with van der Waals surface area (Å²) >= 11 is 0. The minimum Gasteiger partial charge on any atom is -0.457 e. The molecule has 0 aliphatic rings. The molecule has 12 aromatic rings. The second-order valence-electron chi connectivity index (χ2n) is 16.7. The van der Waals surface area contributed by atoms with E-state index < -0.39 is 0 Å². The van der Waals surface area contributed by atoms with Gasteiger partial charge < -0.3 is 4.74 Å². The van der Waals surface area contributed by atoms with Crippen LogP contribution in [-0.2, 0) is 5.41 Å². The minimum absolute atomic E-state index is 0.0144. The molecule has 6 heteroatoms. The number of hydrogen-bond acceptors (Lipinski definition) is 3. The molecule has 0 atom stereocenters. The molecule has 0 saturated carbocycles. The van der Waals surface area contributed by atoms with Gasteiger partial charge in [-0.25, -0.2) is 9.97 Å². The van der Waals surface area contributed by atoms with Gasteiger partial charge in [0.2, 0.25) is 0 Å². The Balaban J connectivity index is 1.09. The summed E-state index contributed by atoms with van der Waals surface area (Å²) in [4.78, 5) is 10.4. The maximum absolute atomic E-state index is 6.80. The predicted molar refractivity (Wildman–Crippen MR) is 248 cm³/mol. The third-order valence-corrected chi connectivity index (χ3v) is 12.1. The molecule has 12 rings (SSSR count). The highest BCUT2D eigenvalue weighted by molar-refractivity contribution is 6.17. The molecule has 0 spiro atoms. The van der Waals surface area contributed by atoms with Crippen LogP contribution in [-0.4, -0.2) is 23.3 Å². The van der Waals surface area contributed by atoms with Crippen molar-refractivity contribution < 1.29 is 4.74 Å². The van der Waals surface area contributed by atoms with Crippen molar-refractivity contribution in [3.63, 3.8) is 0 Å². The van der Waals surface area contributed by atoms with Crippen LogP contribution in [0.4, 0.5) is 0 Å². The van der Waals surface area contributed by atoms with Gasteiger partial charge in [-0.15, -0.1) is 0 Å². The molecule has 0 N–H and O–H groups in total. The number of nitrogens with zero attached hydrogens (tertiary/aromatic N) is 5. The molecule has 0 amide bonds. The van der Waals surface area contributed by atoms with E-state index in [1.165, 1.54) is 27.1 Å². The molecule has 60 heavy (non-hydrogen) atoms. The molecule has 5 aromatic heterocycles. The Bertz CT molecular complexity index is 3750. The summed E-state index contributed by atoms with van der Waals surface area (Å²) in [5, 5.41) is 8.10. The molecule has 286 valence electrons. The van der Waals surface area contributed by atoms with Gasteiger partial charge in [0.25, 0.3) is 0 Å². The van der Waals surface area contributed by atoms with Gasteiger partial charge in [-0.1, -0.05) is 130 Å². The topological polar surface area (TPSA) is 48.8 Å². The minimum atomic E-state index is -0.0144. The monoisotopic (exact) mass is 773 g/mol. The van der Waals surface area contributed by atoms with Gasteiger partial charge >= 0.3 is 0 Å². The van der Waals surface area contributed by atoms with Crippen LogP contribution in [0.25, 0.3) is 93.7 Å². The van der Waals surface area contributed by atoms with Crippen molar-refractivity contribution in [2.24, 2.45) is 0 Å². The number of aromatic nitrogens is 5. The summed E-state index contributed by atoms with van der Waals surface area (Å²) < 4.78 is 13.8. The summed E-state index contributed by atoms with van der Waals surface area (Å²) in [5.74, 6) is 3.20. The standard InChI is InChI=1S/C54H39N5O/c1-54(2,3)35-29-30-55-50(32-35)57-45-23-10-8-21-42(45)43-28-27-37(33-49(43)57)60-36-16-14-15-34(31-36)52-56-51-44-22-9-13-26-48(44)58-46-24-11-6-19-40(46)38-17-4-5-18-39(38)41-20-7-12-25-47(41)59(52)53(51)58/h4-33H,1-3H3. The summed E-state index contributed by atoms with van der Waals surface area (Å²) in [5.41, 5.74) is 9.58. The van der Waals surface area contributed by atoms with Crippen LogP contribution >= 0.6 is 0 Å². The van der Waals surface area contributed by atoms with Crippen LogP contribution in [0.2, 0.25) is 0 Å². The van der Waals surface area contributed by atoms with Crippen LogP contribution in [0.15, 0.2) is 182 Å². The molecule has 0 saturated heterocycles. The Hall–Kier alpha value is -7.70. The second-order valence-corrected chi connectivity index (χ2v) is 16.7. The lowest BCUT2D eigenvalue weighted by Gasteiger charge is -2.20. The maximum Gasteiger partial charge on any atom is 0.151 e. The fourth-order valence-electron chi connectivity index (χ4n) is 9.30. The van der Waals surface area contributed by atoms with Gasteiger partial charge in [0.1, 0.15) is 28.7 Å². The van der Waals surface area contributed by atoms with Crippen LogP contribution in [0.5, 0.6) is 11.5 Å². The number of pyridine rings is 1. The summed E-state index contributed by atoms with van der Waals surface area (Å²) in [6, 6.07) is 62.3. The van der Waals surface area contributed by atoms with E-state index in [-0.39, 0.29) is 5.41 Å². The van der Waals surface area contributed by atoms with Crippen LogP contribution in [0.3, 0.4) is 0 Å². The first-order valence-corrected chi connectivity index (χ1v) is 20.5. The van der Waals surface area contributed by atoms with E-state index in [0.717, 1.165) is 83.6 Å². The third kappa shape index (κ3) is 5.13. The highest BCUT2D eigenvalue weighted by atomic mass is 16.5. The van der Waals surface area contributed by atoms with Crippen molar-refractivity contribution in [3.05, 3.63) is 188 Å². The molecule has 0 bridgehead atoms. The Labute approximate surface area is 345 Å². The largest absolute Gasteiger partial charge is 0.457 e. The summed E-state index contributed by atoms with van der Waals surface area (Å²) in [7, 11) is 0. The van der Waals surface area contributed by atoms with Crippen LogP contribution in [0, 0.1) is 0 Å². The van der Waals surface area contributed by atoms with Crippen molar-refractivity contribution in [3.8, 4) is 28.7 Å². The molecule has 0 radical (unpaired) electrons. The van der Waals surface area contributed by atoms with E-state index in [4.69, 9.17) is 14.7 Å². The molecular weight excluding hydrogens is 735 g/mol. The zero-order valence-electron chi connectivity index (χ0n) is 33.5. The summed E-state index contributed by atoms with van der Waals surface area (Å²) in [6.07, 6.45) is 1.92. The first-order valence-electron chi connectivity index (χ1n) is 20.5. The summed E-state index contributed by atoms with van der Waals surface area (Å²) in [6.45, 7) is 6.71. The lowest BCUT2D eigenvalue weighted by Crippen LogP contribution is -2.12. The lowest BCUT2D eigenvalue weighted by atomic mass is 9.88. The van der Waals surface area contributed by atoms with Gasteiger partial charge in [-0.2, -0.15) is 0 Å². The van der Waals surface area contributed by atoms with Gasteiger partial charge in [0.15, 0.2) is 5.65 Å². The lowest BCUT2D eigenvalue weighted by molar-refractivity contribution is 0.483. The van der Waals surface area contributed by atoms with Crippen molar-refractivity contribution in [2.45, 2.75) is 26.2 Å². The molecule has 0 aliphatic carbocycles. The number of hydrogen-bond donors (Lipinski definition) is 0.